The second kappa shape index (κ2) is 5.68. The van der Waals surface area contributed by atoms with Crippen LogP contribution in [0.1, 0.15) is 11.1 Å². The van der Waals surface area contributed by atoms with E-state index >= 15 is 0 Å². The zero-order valence-electron chi connectivity index (χ0n) is 11.5. The number of hydrogen-bond acceptors (Lipinski definition) is 3. The number of fused-ring (bicyclic) bond motifs is 1. The summed E-state index contributed by atoms with van der Waals surface area (Å²) in [6, 6.07) is 8.73. The van der Waals surface area contributed by atoms with Crippen LogP contribution in [0.15, 0.2) is 36.5 Å². The molecule has 116 valence electrons. The zero-order chi connectivity index (χ0) is 15.7. The van der Waals surface area contributed by atoms with Gasteiger partial charge in [-0.3, -0.25) is 0 Å². The van der Waals surface area contributed by atoms with Gasteiger partial charge in [-0.2, -0.15) is 13.2 Å². The van der Waals surface area contributed by atoms with Crippen LogP contribution in [-0.4, -0.2) is 18.1 Å². The Morgan fingerprint density at radius 2 is 2.00 bits per heavy atom. The molecule has 1 aliphatic heterocycles. The number of nitrogens with zero attached hydrogens (tertiary/aromatic N) is 2. The van der Waals surface area contributed by atoms with Crippen LogP contribution in [0.3, 0.4) is 0 Å². The van der Waals surface area contributed by atoms with Crippen molar-refractivity contribution in [3.63, 3.8) is 0 Å². The molecule has 0 atom stereocenters. The van der Waals surface area contributed by atoms with E-state index < -0.39 is 11.7 Å². The van der Waals surface area contributed by atoms with Gasteiger partial charge < -0.3 is 10.2 Å². The summed E-state index contributed by atoms with van der Waals surface area (Å²) in [5.74, 6) is 0.369. The Balaban J connectivity index is 1.91. The normalized spacial score (nSPS) is 15.0. The topological polar surface area (TPSA) is 28.2 Å². The Morgan fingerprint density at radius 3 is 2.73 bits per heavy atom. The molecular weight excluding hydrogens is 315 g/mol. The van der Waals surface area contributed by atoms with Crippen molar-refractivity contribution in [1.82, 2.24) is 4.98 Å². The highest BCUT2D eigenvalue weighted by Crippen LogP contribution is 2.34. The van der Waals surface area contributed by atoms with Crippen LogP contribution in [-0.2, 0) is 12.7 Å². The number of anilines is 2. The maximum Gasteiger partial charge on any atom is 0.417 e. The first-order chi connectivity index (χ1) is 10.4. The Hall–Kier alpha value is -1.95. The highest BCUT2D eigenvalue weighted by atomic mass is 35.5. The molecule has 3 rings (SSSR count). The molecule has 2 heterocycles. The minimum absolute atomic E-state index is 0.00852. The maximum atomic E-state index is 12.7. The first-order valence-electron chi connectivity index (χ1n) is 6.74. The van der Waals surface area contributed by atoms with E-state index in [-0.39, 0.29) is 5.02 Å². The van der Waals surface area contributed by atoms with Gasteiger partial charge in [-0.1, -0.05) is 29.8 Å². The first-order valence-corrected chi connectivity index (χ1v) is 7.12. The maximum absolute atomic E-state index is 12.7. The van der Waals surface area contributed by atoms with Crippen molar-refractivity contribution in [2.75, 3.05) is 23.3 Å². The lowest BCUT2D eigenvalue weighted by Crippen LogP contribution is -2.27. The molecule has 0 bridgehead atoms. The summed E-state index contributed by atoms with van der Waals surface area (Å²) in [6.07, 6.45) is -3.62. The monoisotopic (exact) mass is 327 g/mol. The molecule has 0 unspecified atom stereocenters. The number of aromatic nitrogens is 1. The molecule has 0 saturated heterocycles. The number of rotatable bonds is 1. The van der Waals surface area contributed by atoms with Gasteiger partial charge in [0.2, 0.25) is 0 Å². The summed E-state index contributed by atoms with van der Waals surface area (Å²) in [7, 11) is 0. The Kier molecular flexibility index (Phi) is 3.87. The van der Waals surface area contributed by atoms with Crippen molar-refractivity contribution in [2.24, 2.45) is 0 Å². The van der Waals surface area contributed by atoms with Crippen LogP contribution in [0.2, 0.25) is 5.02 Å². The minimum Gasteiger partial charge on any atom is -0.383 e. The molecule has 0 amide bonds. The van der Waals surface area contributed by atoms with Crippen molar-refractivity contribution < 1.29 is 13.2 Å². The highest BCUT2D eigenvalue weighted by Gasteiger charge is 2.32. The summed E-state index contributed by atoms with van der Waals surface area (Å²) in [4.78, 5) is 5.81. The van der Waals surface area contributed by atoms with Crippen LogP contribution in [0.4, 0.5) is 24.7 Å². The second-order valence-electron chi connectivity index (χ2n) is 5.03. The first kappa shape index (κ1) is 15.0. The van der Waals surface area contributed by atoms with E-state index in [4.69, 9.17) is 11.6 Å². The summed E-state index contributed by atoms with van der Waals surface area (Å²) in [5.41, 5.74) is 1.24. The third-order valence-electron chi connectivity index (χ3n) is 3.52. The van der Waals surface area contributed by atoms with Gasteiger partial charge in [0.15, 0.2) is 0 Å². The van der Waals surface area contributed by atoms with Gasteiger partial charge in [-0.15, -0.1) is 0 Å². The number of alkyl halides is 3. The Morgan fingerprint density at radius 1 is 1.23 bits per heavy atom. The number of halogens is 4. The Bertz CT molecular complexity index is 688. The molecule has 3 nitrogen and oxygen atoms in total. The molecule has 0 aliphatic carbocycles. The van der Waals surface area contributed by atoms with Crippen molar-refractivity contribution in [3.8, 4) is 0 Å². The predicted octanol–water partition coefficient (Wildman–Crippen LogP) is 4.19. The van der Waals surface area contributed by atoms with E-state index in [9.17, 15) is 13.2 Å². The van der Waals surface area contributed by atoms with Crippen molar-refractivity contribution in [3.05, 3.63) is 52.7 Å². The van der Waals surface area contributed by atoms with E-state index in [0.717, 1.165) is 23.5 Å². The average Bonchev–Trinajstić information content (AvgIpc) is 2.68. The standard InChI is InChI=1S/C15H13ClF3N3/c16-12-7-11(15(17,18)19)8-21-14(12)22-6-5-20-13-4-2-1-3-10(13)9-22/h1-4,7-8,20H,5-6,9H2. The van der Waals surface area contributed by atoms with E-state index in [2.05, 4.69) is 10.3 Å². The van der Waals surface area contributed by atoms with E-state index in [1.54, 1.807) is 0 Å². The Labute approximate surface area is 130 Å². The zero-order valence-corrected chi connectivity index (χ0v) is 12.2. The molecule has 7 heteroatoms. The smallest absolute Gasteiger partial charge is 0.383 e. The highest BCUT2D eigenvalue weighted by molar-refractivity contribution is 6.33. The van der Waals surface area contributed by atoms with E-state index in [1.165, 1.54) is 0 Å². The lowest BCUT2D eigenvalue weighted by molar-refractivity contribution is -0.137. The number of hydrogen-bond donors (Lipinski definition) is 1. The van der Waals surface area contributed by atoms with Gasteiger partial charge in [-0.05, 0) is 17.7 Å². The average molecular weight is 328 g/mol. The van der Waals surface area contributed by atoms with Crippen LogP contribution >= 0.6 is 11.6 Å². The fourth-order valence-corrected chi connectivity index (χ4v) is 2.73. The van der Waals surface area contributed by atoms with Gasteiger partial charge >= 0.3 is 6.18 Å². The van der Waals surface area contributed by atoms with Crippen LogP contribution in [0.5, 0.6) is 0 Å². The van der Waals surface area contributed by atoms with Crippen LogP contribution in [0.25, 0.3) is 0 Å². The fraction of sp³-hybridized carbons (Fsp3) is 0.267. The molecule has 1 aromatic carbocycles. The lowest BCUT2D eigenvalue weighted by atomic mass is 10.1. The SMILES string of the molecule is FC(F)(F)c1cnc(N2CCNc3ccccc3C2)c(Cl)c1. The largest absolute Gasteiger partial charge is 0.417 e. The van der Waals surface area contributed by atoms with Gasteiger partial charge in [0.25, 0.3) is 0 Å². The molecule has 2 aromatic rings. The molecule has 1 aromatic heterocycles. The molecular formula is C15H13ClF3N3. The van der Waals surface area contributed by atoms with Crippen LogP contribution in [0, 0.1) is 0 Å². The molecule has 0 spiro atoms. The predicted molar refractivity (Wildman–Crippen MR) is 80.2 cm³/mol. The second-order valence-corrected chi connectivity index (χ2v) is 5.44. The van der Waals surface area contributed by atoms with Crippen molar-refractivity contribution in [2.45, 2.75) is 12.7 Å². The molecule has 1 N–H and O–H groups in total. The van der Waals surface area contributed by atoms with E-state index in [0.29, 0.717) is 25.5 Å². The van der Waals surface area contributed by atoms with Gasteiger partial charge in [0, 0.05) is 31.5 Å². The van der Waals surface area contributed by atoms with E-state index in [1.807, 2.05) is 29.2 Å². The van der Waals surface area contributed by atoms with Crippen molar-refractivity contribution in [1.29, 1.82) is 0 Å². The van der Waals surface area contributed by atoms with Gasteiger partial charge in [0.05, 0.1) is 10.6 Å². The third kappa shape index (κ3) is 2.97. The summed E-state index contributed by atoms with van der Waals surface area (Å²) in [5, 5.41) is 3.30. The quantitative estimate of drug-likeness (QED) is 0.851. The summed E-state index contributed by atoms with van der Waals surface area (Å²) < 4.78 is 38.0. The summed E-state index contributed by atoms with van der Waals surface area (Å²) in [6.45, 7) is 1.81. The number of benzene rings is 1. The molecule has 0 fully saturated rings. The molecule has 0 saturated carbocycles. The fourth-order valence-electron chi connectivity index (χ4n) is 2.44. The van der Waals surface area contributed by atoms with Gasteiger partial charge in [0.1, 0.15) is 5.82 Å². The number of pyridine rings is 1. The lowest BCUT2D eigenvalue weighted by Gasteiger charge is -2.23. The van der Waals surface area contributed by atoms with Crippen molar-refractivity contribution >= 4 is 23.1 Å². The number of para-hydroxylation sites is 1. The molecule has 1 aliphatic rings. The summed E-state index contributed by atoms with van der Waals surface area (Å²) >= 11 is 6.02. The van der Waals surface area contributed by atoms with Crippen LogP contribution < -0.4 is 10.2 Å². The molecule has 0 radical (unpaired) electrons. The third-order valence-corrected chi connectivity index (χ3v) is 3.80. The van der Waals surface area contributed by atoms with Gasteiger partial charge in [-0.25, -0.2) is 4.98 Å². The molecule has 22 heavy (non-hydrogen) atoms. The minimum atomic E-state index is -4.44. The number of nitrogens with one attached hydrogen (secondary N) is 1.